The molecule has 0 unspecified atom stereocenters. The van der Waals surface area contributed by atoms with Crippen molar-refractivity contribution >= 4 is 11.6 Å². The molecule has 0 aliphatic heterocycles. The molecule has 0 fully saturated rings. The van der Waals surface area contributed by atoms with Gasteiger partial charge in [0.05, 0.1) is 12.0 Å². The van der Waals surface area contributed by atoms with E-state index in [1.54, 1.807) is 0 Å². The summed E-state index contributed by atoms with van der Waals surface area (Å²) >= 11 is 5.39. The second kappa shape index (κ2) is 4.16. The van der Waals surface area contributed by atoms with Crippen LogP contribution in [0.3, 0.4) is 0 Å². The molecule has 0 N–H and O–H groups in total. The van der Waals surface area contributed by atoms with Gasteiger partial charge < -0.3 is 0 Å². The van der Waals surface area contributed by atoms with Gasteiger partial charge in [0.1, 0.15) is 0 Å². The summed E-state index contributed by atoms with van der Waals surface area (Å²) in [7, 11) is 0. The second-order valence-corrected chi connectivity index (χ2v) is 3.50. The lowest BCUT2D eigenvalue weighted by atomic mass is 10.1. The van der Waals surface area contributed by atoms with Crippen molar-refractivity contribution in [2.45, 2.75) is 18.8 Å². The van der Waals surface area contributed by atoms with E-state index in [1.165, 1.54) is 0 Å². The standard InChI is InChI=1S/C9H5ClF6/c10-7-2-1-6(9(14,15)16)3-5(7)4-8(11,12)13/h1-3H,4H2. The fraction of sp³-hybridized carbons (Fsp3) is 0.333. The molecule has 0 heterocycles. The third-order valence-corrected chi connectivity index (χ3v) is 2.13. The molecule has 0 nitrogen and oxygen atoms in total. The van der Waals surface area contributed by atoms with Crippen LogP contribution < -0.4 is 0 Å². The topological polar surface area (TPSA) is 0 Å². The Morgan fingerprint density at radius 3 is 2.00 bits per heavy atom. The van der Waals surface area contributed by atoms with Gasteiger partial charge >= 0.3 is 12.4 Å². The molecule has 0 aliphatic rings. The van der Waals surface area contributed by atoms with E-state index >= 15 is 0 Å². The predicted octanol–water partition coefficient (Wildman–Crippen LogP) is 4.46. The monoisotopic (exact) mass is 262 g/mol. The van der Waals surface area contributed by atoms with Crippen LogP contribution in [-0.2, 0) is 12.6 Å². The van der Waals surface area contributed by atoms with Gasteiger partial charge in [0.25, 0.3) is 0 Å². The van der Waals surface area contributed by atoms with Crippen molar-refractivity contribution in [1.29, 1.82) is 0 Å². The first-order valence-corrected chi connectivity index (χ1v) is 4.40. The van der Waals surface area contributed by atoms with Gasteiger partial charge in [0.2, 0.25) is 0 Å². The van der Waals surface area contributed by atoms with Crippen LogP contribution >= 0.6 is 11.6 Å². The molecule has 1 rings (SSSR count). The fourth-order valence-corrected chi connectivity index (χ4v) is 1.29. The van der Waals surface area contributed by atoms with Crippen molar-refractivity contribution < 1.29 is 26.3 Å². The Bertz CT molecular complexity index is 379. The zero-order valence-corrected chi connectivity index (χ0v) is 8.34. The summed E-state index contributed by atoms with van der Waals surface area (Å²) in [4.78, 5) is 0. The van der Waals surface area contributed by atoms with Gasteiger partial charge in [-0.2, -0.15) is 26.3 Å². The molecule has 0 aliphatic carbocycles. The van der Waals surface area contributed by atoms with E-state index < -0.39 is 29.9 Å². The van der Waals surface area contributed by atoms with E-state index in [2.05, 4.69) is 0 Å². The van der Waals surface area contributed by atoms with Crippen molar-refractivity contribution in [3.63, 3.8) is 0 Å². The minimum Gasteiger partial charge on any atom is -0.171 e. The molecule has 0 amide bonds. The summed E-state index contributed by atoms with van der Waals surface area (Å²) in [6.07, 6.45) is -10.7. The molecule has 0 saturated carbocycles. The zero-order valence-electron chi connectivity index (χ0n) is 7.58. The molecule has 7 heteroatoms. The van der Waals surface area contributed by atoms with Crippen molar-refractivity contribution in [2.75, 3.05) is 0 Å². The maximum atomic E-state index is 12.2. The van der Waals surface area contributed by atoms with Crippen LogP contribution in [-0.4, -0.2) is 6.18 Å². The molecule has 0 saturated heterocycles. The average molecular weight is 263 g/mol. The predicted molar refractivity (Wildman–Crippen MR) is 46.2 cm³/mol. The lowest BCUT2D eigenvalue weighted by molar-refractivity contribution is -0.138. The molecule has 0 radical (unpaired) electrons. The highest BCUT2D eigenvalue weighted by molar-refractivity contribution is 6.31. The molecule has 1 aromatic rings. The lowest BCUT2D eigenvalue weighted by Gasteiger charge is -2.12. The van der Waals surface area contributed by atoms with Crippen LogP contribution in [0.25, 0.3) is 0 Å². The summed E-state index contributed by atoms with van der Waals surface area (Å²) in [5, 5.41) is -0.328. The van der Waals surface area contributed by atoms with E-state index in [0.717, 1.165) is 6.07 Å². The normalized spacial score (nSPS) is 12.9. The number of rotatable bonds is 1. The maximum Gasteiger partial charge on any atom is 0.416 e. The summed E-state index contributed by atoms with van der Waals surface area (Å²) < 4.78 is 72.7. The Labute approximate surface area is 91.8 Å². The number of benzene rings is 1. The molecule has 1 aromatic carbocycles. The fourth-order valence-electron chi connectivity index (χ4n) is 1.10. The van der Waals surface area contributed by atoms with E-state index in [4.69, 9.17) is 11.6 Å². The van der Waals surface area contributed by atoms with E-state index in [9.17, 15) is 26.3 Å². The molecule has 0 bridgehead atoms. The van der Waals surface area contributed by atoms with E-state index in [1.807, 2.05) is 0 Å². The van der Waals surface area contributed by atoms with Gasteiger partial charge in [-0.25, -0.2) is 0 Å². The largest absolute Gasteiger partial charge is 0.416 e. The lowest BCUT2D eigenvalue weighted by Crippen LogP contribution is -2.13. The summed E-state index contributed by atoms with van der Waals surface area (Å²) in [6.45, 7) is 0. The third-order valence-electron chi connectivity index (χ3n) is 1.76. The Kier molecular flexibility index (Phi) is 3.42. The molecule has 0 spiro atoms. The van der Waals surface area contributed by atoms with Crippen molar-refractivity contribution in [1.82, 2.24) is 0 Å². The summed E-state index contributed by atoms with van der Waals surface area (Å²) in [6, 6.07) is 1.86. The average Bonchev–Trinajstić information content (AvgIpc) is 2.04. The second-order valence-electron chi connectivity index (χ2n) is 3.10. The van der Waals surface area contributed by atoms with Crippen LogP contribution in [0, 0.1) is 0 Å². The minimum atomic E-state index is -4.68. The van der Waals surface area contributed by atoms with E-state index in [-0.39, 0.29) is 5.02 Å². The molecule has 0 atom stereocenters. The molecule has 0 aromatic heterocycles. The molecule has 16 heavy (non-hydrogen) atoms. The third kappa shape index (κ3) is 3.59. The van der Waals surface area contributed by atoms with Gasteiger partial charge in [-0.1, -0.05) is 11.6 Å². The number of alkyl halides is 6. The first-order valence-electron chi connectivity index (χ1n) is 4.02. The highest BCUT2D eigenvalue weighted by Gasteiger charge is 2.33. The van der Waals surface area contributed by atoms with Crippen LogP contribution in [0.5, 0.6) is 0 Å². The number of hydrogen-bond acceptors (Lipinski definition) is 0. The molecular formula is C9H5ClF6. The molecule has 90 valence electrons. The number of halogens is 7. The van der Waals surface area contributed by atoms with Crippen molar-refractivity contribution in [3.8, 4) is 0 Å². The van der Waals surface area contributed by atoms with Crippen LogP contribution in [0.15, 0.2) is 18.2 Å². The highest BCUT2D eigenvalue weighted by atomic mass is 35.5. The Morgan fingerprint density at radius 2 is 1.56 bits per heavy atom. The maximum absolute atomic E-state index is 12.2. The van der Waals surface area contributed by atoms with Gasteiger partial charge in [-0.05, 0) is 23.8 Å². The van der Waals surface area contributed by atoms with E-state index in [0.29, 0.717) is 12.1 Å². The summed E-state index contributed by atoms with van der Waals surface area (Å²) in [5.74, 6) is 0. The van der Waals surface area contributed by atoms with Gasteiger partial charge in [-0.3, -0.25) is 0 Å². The summed E-state index contributed by atoms with van der Waals surface area (Å²) in [5.41, 5.74) is -1.72. The zero-order chi connectivity index (χ0) is 12.6. The molecular weight excluding hydrogens is 258 g/mol. The van der Waals surface area contributed by atoms with Crippen molar-refractivity contribution in [2.24, 2.45) is 0 Å². The number of hydrogen-bond donors (Lipinski definition) is 0. The van der Waals surface area contributed by atoms with Crippen LogP contribution in [0.4, 0.5) is 26.3 Å². The van der Waals surface area contributed by atoms with Crippen LogP contribution in [0.1, 0.15) is 11.1 Å². The SMILES string of the molecule is FC(F)(F)Cc1cc(C(F)(F)F)ccc1Cl. The smallest absolute Gasteiger partial charge is 0.171 e. The Morgan fingerprint density at radius 1 is 1.00 bits per heavy atom. The Hall–Kier alpha value is -0.910. The van der Waals surface area contributed by atoms with Gasteiger partial charge in [0.15, 0.2) is 0 Å². The minimum absolute atomic E-state index is 0.328. The first kappa shape index (κ1) is 13.2. The Balaban J connectivity index is 3.10. The first-order chi connectivity index (χ1) is 7.09. The highest BCUT2D eigenvalue weighted by Crippen LogP contribution is 2.33. The van der Waals surface area contributed by atoms with Crippen LogP contribution in [0.2, 0.25) is 5.02 Å². The quantitative estimate of drug-likeness (QED) is 0.655. The van der Waals surface area contributed by atoms with Crippen molar-refractivity contribution in [3.05, 3.63) is 34.3 Å². The van der Waals surface area contributed by atoms with Gasteiger partial charge in [0, 0.05) is 5.02 Å². The van der Waals surface area contributed by atoms with Gasteiger partial charge in [-0.15, -0.1) is 0 Å².